The summed E-state index contributed by atoms with van der Waals surface area (Å²) < 4.78 is 18.0. The fraction of sp³-hybridized carbons (Fsp3) is 0.625. The van der Waals surface area contributed by atoms with Crippen LogP contribution in [0.4, 0.5) is 4.39 Å². The van der Waals surface area contributed by atoms with Gasteiger partial charge in [0.15, 0.2) is 0 Å². The Kier molecular flexibility index (Phi) is 2.45. The van der Waals surface area contributed by atoms with E-state index in [9.17, 15) is 18.8 Å². The third-order valence-electron chi connectivity index (χ3n) is 2.16. The summed E-state index contributed by atoms with van der Waals surface area (Å²) in [6, 6.07) is 0. The zero-order valence-corrected chi connectivity index (χ0v) is 7.03. The summed E-state index contributed by atoms with van der Waals surface area (Å²) in [6.07, 6.45) is -0.277. The predicted molar refractivity (Wildman–Crippen MR) is 39.6 cm³/mol. The molecule has 1 aliphatic rings. The van der Waals surface area contributed by atoms with Crippen molar-refractivity contribution in [2.45, 2.75) is 25.1 Å². The Morgan fingerprint density at radius 2 is 2.23 bits per heavy atom. The topological polar surface area (TPSA) is 60.4 Å². The molecule has 0 spiro atoms. The molecule has 0 amide bonds. The summed E-state index contributed by atoms with van der Waals surface area (Å²) in [7, 11) is 0. The molecule has 0 aliphatic carbocycles. The number of hydrogen-bond acceptors (Lipinski definition) is 4. The number of carbonyl (C=O) groups is 3. The van der Waals surface area contributed by atoms with Crippen molar-refractivity contribution in [1.29, 1.82) is 0 Å². The lowest BCUT2D eigenvalue weighted by molar-refractivity contribution is -0.149. The number of alkyl halides is 1. The molecule has 4 nitrogen and oxygen atoms in total. The third kappa shape index (κ3) is 1.46. The molecule has 1 fully saturated rings. The SMILES string of the molecule is C[C@]1(F)C(=O)O[C@H](CC=O)[C@H]1C=O. The van der Waals surface area contributed by atoms with Crippen LogP contribution in [0.5, 0.6) is 0 Å². The first kappa shape index (κ1) is 9.83. The van der Waals surface area contributed by atoms with Gasteiger partial charge in [-0.3, -0.25) is 0 Å². The highest BCUT2D eigenvalue weighted by Crippen LogP contribution is 2.35. The van der Waals surface area contributed by atoms with Gasteiger partial charge < -0.3 is 14.3 Å². The maximum Gasteiger partial charge on any atom is 0.344 e. The van der Waals surface area contributed by atoms with Gasteiger partial charge in [0.25, 0.3) is 0 Å². The van der Waals surface area contributed by atoms with Crippen molar-refractivity contribution in [3.8, 4) is 0 Å². The number of ether oxygens (including phenoxy) is 1. The summed E-state index contributed by atoms with van der Waals surface area (Å²) in [5, 5.41) is 0. The molecule has 1 rings (SSSR count). The number of carbonyl (C=O) groups excluding carboxylic acids is 3. The smallest absolute Gasteiger partial charge is 0.344 e. The Morgan fingerprint density at radius 3 is 2.69 bits per heavy atom. The van der Waals surface area contributed by atoms with Crippen LogP contribution >= 0.6 is 0 Å². The molecule has 1 saturated heterocycles. The summed E-state index contributed by atoms with van der Waals surface area (Å²) in [4.78, 5) is 31.5. The Morgan fingerprint density at radius 1 is 1.62 bits per heavy atom. The van der Waals surface area contributed by atoms with E-state index < -0.39 is 23.7 Å². The Bertz CT molecular complexity index is 249. The number of aldehydes is 2. The van der Waals surface area contributed by atoms with E-state index in [-0.39, 0.29) is 6.42 Å². The highest BCUT2D eigenvalue weighted by Gasteiger charge is 2.55. The van der Waals surface area contributed by atoms with Crippen LogP contribution in [0.2, 0.25) is 0 Å². The summed E-state index contributed by atoms with van der Waals surface area (Å²) >= 11 is 0. The number of rotatable bonds is 3. The lowest BCUT2D eigenvalue weighted by atomic mass is 9.89. The minimum absolute atomic E-state index is 0.144. The Hall–Kier alpha value is -1.26. The lowest BCUT2D eigenvalue weighted by Gasteiger charge is -2.14. The monoisotopic (exact) mass is 188 g/mol. The lowest BCUT2D eigenvalue weighted by Crippen LogP contribution is -2.35. The molecule has 3 atom stereocenters. The van der Waals surface area contributed by atoms with Crippen molar-refractivity contribution >= 4 is 18.5 Å². The molecule has 13 heavy (non-hydrogen) atoms. The minimum Gasteiger partial charge on any atom is -0.459 e. The zero-order chi connectivity index (χ0) is 10.1. The van der Waals surface area contributed by atoms with Gasteiger partial charge in [0.05, 0.1) is 5.92 Å². The second-order valence-corrected chi connectivity index (χ2v) is 3.08. The fourth-order valence-electron chi connectivity index (χ4n) is 1.32. The van der Waals surface area contributed by atoms with E-state index in [1.54, 1.807) is 0 Å². The van der Waals surface area contributed by atoms with E-state index in [2.05, 4.69) is 4.74 Å². The van der Waals surface area contributed by atoms with Gasteiger partial charge in [0, 0.05) is 6.42 Å². The average molecular weight is 188 g/mol. The Labute approximate surface area is 74.1 Å². The van der Waals surface area contributed by atoms with Gasteiger partial charge >= 0.3 is 5.97 Å². The van der Waals surface area contributed by atoms with Crippen molar-refractivity contribution in [2.24, 2.45) is 5.92 Å². The molecule has 0 bridgehead atoms. The van der Waals surface area contributed by atoms with Gasteiger partial charge in [-0.15, -0.1) is 0 Å². The van der Waals surface area contributed by atoms with Gasteiger partial charge in [-0.2, -0.15) is 0 Å². The fourth-order valence-corrected chi connectivity index (χ4v) is 1.32. The molecule has 0 aromatic carbocycles. The quantitative estimate of drug-likeness (QED) is 0.463. The normalized spacial score (nSPS) is 38.5. The number of hydrogen-bond donors (Lipinski definition) is 0. The maximum absolute atomic E-state index is 13.4. The van der Waals surface area contributed by atoms with Crippen molar-refractivity contribution in [3.63, 3.8) is 0 Å². The molecule has 5 heteroatoms. The number of esters is 1. The number of halogens is 1. The van der Waals surface area contributed by atoms with Crippen LogP contribution in [0.1, 0.15) is 13.3 Å². The van der Waals surface area contributed by atoms with Crippen LogP contribution in [0.25, 0.3) is 0 Å². The van der Waals surface area contributed by atoms with Gasteiger partial charge in [0.1, 0.15) is 18.7 Å². The van der Waals surface area contributed by atoms with Gasteiger partial charge in [0.2, 0.25) is 5.67 Å². The van der Waals surface area contributed by atoms with Crippen LogP contribution in [-0.2, 0) is 19.1 Å². The first-order chi connectivity index (χ1) is 6.04. The maximum atomic E-state index is 13.4. The minimum atomic E-state index is -2.30. The predicted octanol–water partition coefficient (Wildman–Crippen LogP) is 0.0441. The van der Waals surface area contributed by atoms with E-state index >= 15 is 0 Å². The molecule has 0 saturated carbocycles. The molecule has 0 unspecified atom stereocenters. The molecule has 0 radical (unpaired) electrons. The molecule has 0 aromatic heterocycles. The highest BCUT2D eigenvalue weighted by atomic mass is 19.1. The van der Waals surface area contributed by atoms with E-state index in [0.29, 0.717) is 12.6 Å². The van der Waals surface area contributed by atoms with Gasteiger partial charge in [-0.25, -0.2) is 9.18 Å². The molecule has 0 N–H and O–H groups in total. The second kappa shape index (κ2) is 3.24. The third-order valence-corrected chi connectivity index (χ3v) is 2.16. The van der Waals surface area contributed by atoms with Crippen LogP contribution in [0.15, 0.2) is 0 Å². The molecule has 1 heterocycles. The van der Waals surface area contributed by atoms with Crippen molar-refractivity contribution in [1.82, 2.24) is 0 Å². The summed E-state index contributed by atoms with van der Waals surface area (Å²) in [5.41, 5.74) is -2.30. The Balaban J connectivity index is 2.87. The van der Waals surface area contributed by atoms with Crippen LogP contribution in [0.3, 0.4) is 0 Å². The molecule has 1 aliphatic heterocycles. The van der Waals surface area contributed by atoms with E-state index in [4.69, 9.17) is 0 Å². The van der Waals surface area contributed by atoms with Crippen LogP contribution in [0, 0.1) is 5.92 Å². The van der Waals surface area contributed by atoms with Crippen LogP contribution in [-0.4, -0.2) is 30.3 Å². The van der Waals surface area contributed by atoms with Crippen molar-refractivity contribution in [2.75, 3.05) is 0 Å². The molecule has 72 valence electrons. The standard InChI is InChI=1S/C8H9FO4/c1-8(9)5(4-11)6(2-3-10)13-7(8)12/h3-6H,2H2,1H3/t5-,6-,8-/m1/s1. The van der Waals surface area contributed by atoms with E-state index in [1.807, 2.05) is 0 Å². The number of cyclic esters (lactones) is 1. The highest BCUT2D eigenvalue weighted by molar-refractivity contribution is 5.87. The average Bonchev–Trinajstić information content (AvgIpc) is 2.24. The first-order valence-electron chi connectivity index (χ1n) is 3.83. The zero-order valence-electron chi connectivity index (χ0n) is 7.03. The second-order valence-electron chi connectivity index (χ2n) is 3.08. The summed E-state index contributed by atoms with van der Waals surface area (Å²) in [5.74, 6) is -2.25. The van der Waals surface area contributed by atoms with E-state index in [0.717, 1.165) is 6.92 Å². The van der Waals surface area contributed by atoms with E-state index in [1.165, 1.54) is 0 Å². The summed E-state index contributed by atoms with van der Waals surface area (Å²) in [6.45, 7) is 0.985. The molecular formula is C8H9FO4. The molecule has 0 aromatic rings. The van der Waals surface area contributed by atoms with Gasteiger partial charge in [-0.1, -0.05) is 0 Å². The molecular weight excluding hydrogens is 179 g/mol. The largest absolute Gasteiger partial charge is 0.459 e. The van der Waals surface area contributed by atoms with Crippen molar-refractivity contribution < 1.29 is 23.5 Å². The van der Waals surface area contributed by atoms with Gasteiger partial charge in [-0.05, 0) is 6.92 Å². The first-order valence-corrected chi connectivity index (χ1v) is 3.83. The van der Waals surface area contributed by atoms with Crippen LogP contribution < -0.4 is 0 Å². The van der Waals surface area contributed by atoms with Crippen molar-refractivity contribution in [3.05, 3.63) is 0 Å².